The zero-order chi connectivity index (χ0) is 12.0. The highest BCUT2D eigenvalue weighted by molar-refractivity contribution is 5.00. The lowest BCUT2D eigenvalue weighted by atomic mass is 10.3. The fourth-order valence-electron chi connectivity index (χ4n) is 1.46. The molecule has 0 unspecified atom stereocenters. The molecule has 0 aliphatic rings. The van der Waals surface area contributed by atoms with Crippen molar-refractivity contribution >= 4 is 0 Å². The Morgan fingerprint density at radius 3 is 2.81 bits per heavy atom. The zero-order valence-corrected chi connectivity index (χ0v) is 9.88. The molecule has 90 valence electrons. The Morgan fingerprint density at radius 2 is 2.12 bits per heavy atom. The van der Waals surface area contributed by atoms with Crippen LogP contribution in [-0.4, -0.2) is 22.6 Å². The van der Waals surface area contributed by atoms with E-state index in [4.69, 9.17) is 0 Å². The molecule has 0 aliphatic heterocycles. The standard InChI is InChI=1S/C11H19N3O2/c1-3-5-12-6-4-7-14-8-9(2)10(15)13-11(14)16/h8,12H,3-7H2,1-2H3,(H,13,15,16). The molecule has 0 radical (unpaired) electrons. The van der Waals surface area contributed by atoms with Crippen molar-refractivity contribution < 1.29 is 0 Å². The summed E-state index contributed by atoms with van der Waals surface area (Å²) >= 11 is 0. The minimum absolute atomic E-state index is 0.301. The van der Waals surface area contributed by atoms with Gasteiger partial charge in [0.25, 0.3) is 5.56 Å². The quantitative estimate of drug-likeness (QED) is 0.681. The van der Waals surface area contributed by atoms with Gasteiger partial charge in [-0.3, -0.25) is 9.78 Å². The summed E-state index contributed by atoms with van der Waals surface area (Å²) in [6.07, 6.45) is 3.60. The van der Waals surface area contributed by atoms with E-state index in [-0.39, 0.29) is 11.2 Å². The zero-order valence-electron chi connectivity index (χ0n) is 9.88. The molecular weight excluding hydrogens is 206 g/mol. The van der Waals surface area contributed by atoms with Gasteiger partial charge in [-0.05, 0) is 32.9 Å². The third-order valence-electron chi connectivity index (χ3n) is 2.37. The van der Waals surface area contributed by atoms with Crippen molar-refractivity contribution in [1.82, 2.24) is 14.9 Å². The Hall–Kier alpha value is -1.36. The molecule has 16 heavy (non-hydrogen) atoms. The molecule has 5 heteroatoms. The molecule has 0 saturated carbocycles. The molecule has 1 heterocycles. The average Bonchev–Trinajstić information content (AvgIpc) is 2.25. The highest BCUT2D eigenvalue weighted by Gasteiger charge is 1.99. The topological polar surface area (TPSA) is 66.9 Å². The Kier molecular flexibility index (Phi) is 4.98. The Balaban J connectivity index is 2.51. The van der Waals surface area contributed by atoms with E-state index in [2.05, 4.69) is 17.2 Å². The lowest BCUT2D eigenvalue weighted by molar-refractivity contribution is 0.558. The highest BCUT2D eigenvalue weighted by atomic mass is 16.2. The number of hydrogen-bond acceptors (Lipinski definition) is 3. The first-order valence-corrected chi connectivity index (χ1v) is 5.66. The van der Waals surface area contributed by atoms with Crippen molar-refractivity contribution in [3.05, 3.63) is 32.6 Å². The summed E-state index contributed by atoms with van der Waals surface area (Å²) in [5, 5.41) is 3.26. The summed E-state index contributed by atoms with van der Waals surface area (Å²) in [6.45, 7) is 6.33. The maximum absolute atomic E-state index is 11.4. The molecule has 1 rings (SSSR count). The van der Waals surface area contributed by atoms with Crippen molar-refractivity contribution in [2.45, 2.75) is 33.2 Å². The van der Waals surface area contributed by atoms with Gasteiger partial charge >= 0.3 is 5.69 Å². The second kappa shape index (κ2) is 6.27. The van der Waals surface area contributed by atoms with Crippen LogP contribution in [0.1, 0.15) is 25.3 Å². The van der Waals surface area contributed by atoms with Gasteiger partial charge in [0.05, 0.1) is 0 Å². The number of hydrogen-bond donors (Lipinski definition) is 2. The molecule has 0 aliphatic carbocycles. The summed E-state index contributed by atoms with van der Waals surface area (Å²) in [5.74, 6) is 0. The van der Waals surface area contributed by atoms with Crippen LogP contribution >= 0.6 is 0 Å². The predicted molar refractivity (Wildman–Crippen MR) is 63.8 cm³/mol. The van der Waals surface area contributed by atoms with E-state index in [1.54, 1.807) is 17.7 Å². The van der Waals surface area contributed by atoms with E-state index in [0.29, 0.717) is 12.1 Å². The molecular formula is C11H19N3O2. The molecule has 1 aromatic rings. The van der Waals surface area contributed by atoms with Crippen molar-refractivity contribution in [3.63, 3.8) is 0 Å². The van der Waals surface area contributed by atoms with Crippen LogP contribution in [0.5, 0.6) is 0 Å². The van der Waals surface area contributed by atoms with Crippen molar-refractivity contribution in [2.24, 2.45) is 0 Å². The van der Waals surface area contributed by atoms with Gasteiger partial charge in [0.15, 0.2) is 0 Å². The number of H-pyrrole nitrogens is 1. The van der Waals surface area contributed by atoms with E-state index in [9.17, 15) is 9.59 Å². The maximum Gasteiger partial charge on any atom is 0.328 e. The molecule has 0 bridgehead atoms. The number of rotatable bonds is 6. The minimum atomic E-state index is -0.328. The van der Waals surface area contributed by atoms with Gasteiger partial charge in [-0.1, -0.05) is 6.92 Å². The van der Waals surface area contributed by atoms with Crippen LogP contribution in [-0.2, 0) is 6.54 Å². The molecule has 5 nitrogen and oxygen atoms in total. The average molecular weight is 225 g/mol. The van der Waals surface area contributed by atoms with E-state index in [1.807, 2.05) is 0 Å². The third kappa shape index (κ3) is 3.66. The lowest BCUT2D eigenvalue weighted by Gasteiger charge is -2.06. The first kappa shape index (κ1) is 12.7. The Morgan fingerprint density at radius 1 is 1.38 bits per heavy atom. The number of aromatic nitrogens is 2. The molecule has 0 aromatic carbocycles. The second-order valence-corrected chi connectivity index (χ2v) is 3.87. The SMILES string of the molecule is CCCNCCCn1cc(C)c(=O)[nH]c1=O. The molecule has 1 aromatic heterocycles. The number of aromatic amines is 1. The first-order chi connectivity index (χ1) is 7.65. The van der Waals surface area contributed by atoms with Crippen LogP contribution in [0.15, 0.2) is 15.8 Å². The van der Waals surface area contributed by atoms with E-state index >= 15 is 0 Å². The molecule has 2 N–H and O–H groups in total. The Bertz CT molecular complexity index is 434. The normalized spacial score (nSPS) is 10.6. The summed E-state index contributed by atoms with van der Waals surface area (Å²) in [5.41, 5.74) is -0.0578. The number of aryl methyl sites for hydroxylation is 2. The summed E-state index contributed by atoms with van der Waals surface area (Å²) in [4.78, 5) is 24.8. The monoisotopic (exact) mass is 225 g/mol. The van der Waals surface area contributed by atoms with Crippen molar-refractivity contribution in [1.29, 1.82) is 0 Å². The summed E-state index contributed by atoms with van der Waals surface area (Å²) < 4.78 is 1.55. The van der Waals surface area contributed by atoms with Gasteiger partial charge < -0.3 is 9.88 Å². The second-order valence-electron chi connectivity index (χ2n) is 3.87. The molecule has 0 saturated heterocycles. The van der Waals surface area contributed by atoms with E-state index < -0.39 is 0 Å². The highest BCUT2D eigenvalue weighted by Crippen LogP contribution is 1.87. The number of nitrogens with zero attached hydrogens (tertiary/aromatic N) is 1. The summed E-state index contributed by atoms with van der Waals surface area (Å²) in [6, 6.07) is 0. The van der Waals surface area contributed by atoms with E-state index in [0.717, 1.165) is 25.9 Å². The van der Waals surface area contributed by atoms with E-state index in [1.165, 1.54) is 0 Å². The molecule has 0 atom stereocenters. The number of nitrogens with one attached hydrogen (secondary N) is 2. The largest absolute Gasteiger partial charge is 0.328 e. The Labute approximate surface area is 94.5 Å². The van der Waals surface area contributed by atoms with Gasteiger partial charge in [-0.25, -0.2) is 4.79 Å². The van der Waals surface area contributed by atoms with Crippen LogP contribution in [0.2, 0.25) is 0 Å². The fraction of sp³-hybridized carbons (Fsp3) is 0.636. The van der Waals surface area contributed by atoms with Crippen LogP contribution in [0.3, 0.4) is 0 Å². The van der Waals surface area contributed by atoms with Gasteiger partial charge in [-0.15, -0.1) is 0 Å². The van der Waals surface area contributed by atoms with Crippen molar-refractivity contribution in [3.8, 4) is 0 Å². The minimum Gasteiger partial charge on any atom is -0.317 e. The van der Waals surface area contributed by atoms with Gasteiger partial charge in [-0.2, -0.15) is 0 Å². The predicted octanol–water partition coefficient (Wildman–Crippen LogP) is 0.235. The lowest BCUT2D eigenvalue weighted by Crippen LogP contribution is -2.31. The fourth-order valence-corrected chi connectivity index (χ4v) is 1.46. The first-order valence-electron chi connectivity index (χ1n) is 5.66. The molecule has 0 amide bonds. The van der Waals surface area contributed by atoms with Crippen molar-refractivity contribution in [2.75, 3.05) is 13.1 Å². The van der Waals surface area contributed by atoms with Gasteiger partial charge in [0, 0.05) is 18.3 Å². The summed E-state index contributed by atoms with van der Waals surface area (Å²) in [7, 11) is 0. The van der Waals surface area contributed by atoms with Gasteiger partial charge in [0.2, 0.25) is 0 Å². The van der Waals surface area contributed by atoms with Crippen LogP contribution in [0.4, 0.5) is 0 Å². The smallest absolute Gasteiger partial charge is 0.317 e. The third-order valence-corrected chi connectivity index (χ3v) is 2.37. The van der Waals surface area contributed by atoms with Crippen LogP contribution in [0.25, 0.3) is 0 Å². The molecule has 0 fully saturated rings. The van der Waals surface area contributed by atoms with Crippen LogP contribution in [0, 0.1) is 6.92 Å². The van der Waals surface area contributed by atoms with Gasteiger partial charge in [0.1, 0.15) is 0 Å². The molecule has 0 spiro atoms. The van der Waals surface area contributed by atoms with Crippen LogP contribution < -0.4 is 16.6 Å². The maximum atomic E-state index is 11.4.